The van der Waals surface area contributed by atoms with Crippen LogP contribution in [-0.2, 0) is 10.2 Å². The van der Waals surface area contributed by atoms with Crippen LogP contribution in [0.2, 0.25) is 0 Å². The minimum absolute atomic E-state index is 0.224. The van der Waals surface area contributed by atoms with Crippen molar-refractivity contribution in [1.82, 2.24) is 10.4 Å². The fourth-order valence-corrected chi connectivity index (χ4v) is 4.19. The van der Waals surface area contributed by atoms with E-state index in [9.17, 15) is 10.1 Å². The molecule has 7 heteroatoms. The summed E-state index contributed by atoms with van der Waals surface area (Å²) in [6, 6.07) is 8.40. The van der Waals surface area contributed by atoms with E-state index in [2.05, 4.69) is 11.0 Å². The second-order valence-corrected chi connectivity index (χ2v) is 7.71. The van der Waals surface area contributed by atoms with E-state index >= 15 is 0 Å². The van der Waals surface area contributed by atoms with E-state index in [1.807, 2.05) is 18.2 Å². The van der Waals surface area contributed by atoms with E-state index < -0.39 is 5.41 Å². The van der Waals surface area contributed by atoms with Crippen LogP contribution in [0.3, 0.4) is 0 Å². The number of nitrogens with one attached hydrogen (secondary N) is 1. The number of ether oxygens (including phenoxy) is 2. The Bertz CT molecular complexity index is 717. The van der Waals surface area contributed by atoms with Crippen LogP contribution in [0.5, 0.6) is 11.5 Å². The number of piperidine rings is 1. The maximum Gasteiger partial charge on any atom is 0.244 e. The van der Waals surface area contributed by atoms with E-state index in [1.54, 1.807) is 12.6 Å². The molecule has 2 aliphatic rings. The number of hydrogen-bond donors (Lipinski definition) is 2. The van der Waals surface area contributed by atoms with Crippen molar-refractivity contribution in [3.63, 3.8) is 0 Å². The first-order valence-corrected chi connectivity index (χ1v) is 10.0. The monoisotopic (exact) mass is 387 g/mol. The van der Waals surface area contributed by atoms with Gasteiger partial charge in [-0.15, -0.1) is 0 Å². The van der Waals surface area contributed by atoms with E-state index in [-0.39, 0.29) is 18.4 Å². The fourth-order valence-electron chi connectivity index (χ4n) is 4.19. The highest BCUT2D eigenvalue weighted by Gasteiger charge is 2.37. The van der Waals surface area contributed by atoms with Gasteiger partial charge in [-0.1, -0.05) is 6.07 Å². The number of nitrogens with zero attached hydrogens (tertiary/aromatic N) is 2. The second kappa shape index (κ2) is 9.26. The van der Waals surface area contributed by atoms with Gasteiger partial charge in [-0.2, -0.15) is 5.26 Å². The summed E-state index contributed by atoms with van der Waals surface area (Å²) in [7, 11) is 1.64. The number of nitriles is 1. The van der Waals surface area contributed by atoms with Crippen molar-refractivity contribution < 1.29 is 19.5 Å². The number of hydrogen-bond acceptors (Lipinski definition) is 6. The predicted molar refractivity (Wildman–Crippen MR) is 103 cm³/mol. The summed E-state index contributed by atoms with van der Waals surface area (Å²) in [4.78, 5) is 13.4. The molecule has 1 saturated carbocycles. The molecule has 1 aliphatic heterocycles. The maximum absolute atomic E-state index is 11.2. The van der Waals surface area contributed by atoms with Crippen molar-refractivity contribution in [2.75, 3.05) is 26.7 Å². The van der Waals surface area contributed by atoms with Gasteiger partial charge < -0.3 is 14.4 Å². The van der Waals surface area contributed by atoms with E-state index in [1.165, 1.54) is 12.8 Å². The summed E-state index contributed by atoms with van der Waals surface area (Å²) < 4.78 is 11.7. The quantitative estimate of drug-likeness (QED) is 0.552. The Balaban J connectivity index is 1.71. The minimum atomic E-state index is -0.560. The maximum atomic E-state index is 11.2. The minimum Gasteiger partial charge on any atom is -0.493 e. The lowest BCUT2D eigenvalue weighted by atomic mass is 9.74. The highest BCUT2D eigenvalue weighted by Crippen LogP contribution is 2.40. The topological polar surface area (TPSA) is 94.8 Å². The number of hydroxylamine groups is 1. The van der Waals surface area contributed by atoms with Gasteiger partial charge in [0, 0.05) is 13.0 Å². The third kappa shape index (κ3) is 4.57. The van der Waals surface area contributed by atoms with Crippen LogP contribution in [0.15, 0.2) is 18.2 Å². The standard InChI is InChI=1S/C21H29N3O4/c1-27-18-7-6-16(14-19(18)28-17-4-2-3-5-17)21(15-22)9-12-24(13-10-21)11-8-20(25)23-26/h6-7,14,17,26H,2-5,8-13H2,1H3,(H,23,25). The second-order valence-electron chi connectivity index (χ2n) is 7.71. The fraction of sp³-hybridized carbons (Fsp3) is 0.619. The van der Waals surface area contributed by atoms with Crippen molar-refractivity contribution in [1.29, 1.82) is 5.26 Å². The molecule has 0 unspecified atom stereocenters. The molecule has 1 aromatic carbocycles. The van der Waals surface area contributed by atoms with Gasteiger partial charge in [-0.05, 0) is 69.3 Å². The van der Waals surface area contributed by atoms with E-state index in [4.69, 9.17) is 14.7 Å². The van der Waals surface area contributed by atoms with Crippen LogP contribution in [0.1, 0.15) is 50.5 Å². The Morgan fingerprint density at radius 3 is 2.64 bits per heavy atom. The largest absolute Gasteiger partial charge is 0.493 e. The number of carbonyl (C=O) groups is 1. The highest BCUT2D eigenvalue weighted by molar-refractivity contribution is 5.74. The smallest absolute Gasteiger partial charge is 0.244 e. The van der Waals surface area contributed by atoms with Crippen molar-refractivity contribution >= 4 is 5.91 Å². The van der Waals surface area contributed by atoms with Gasteiger partial charge in [0.2, 0.25) is 5.91 Å². The van der Waals surface area contributed by atoms with Crippen molar-refractivity contribution in [2.45, 2.75) is 56.5 Å². The molecular formula is C21H29N3O4. The summed E-state index contributed by atoms with van der Waals surface area (Å²) in [6.07, 6.45) is 6.37. The number of methoxy groups -OCH3 is 1. The Kier molecular flexibility index (Phi) is 6.76. The summed E-state index contributed by atoms with van der Waals surface area (Å²) in [5.74, 6) is 1.04. The first-order chi connectivity index (χ1) is 13.6. The molecule has 0 atom stereocenters. The van der Waals surface area contributed by atoms with Crippen LogP contribution >= 0.6 is 0 Å². The van der Waals surface area contributed by atoms with Crippen molar-refractivity contribution in [3.05, 3.63) is 23.8 Å². The Hall–Kier alpha value is -2.30. The zero-order valence-electron chi connectivity index (χ0n) is 16.4. The van der Waals surface area contributed by atoms with Gasteiger partial charge in [0.05, 0.1) is 24.7 Å². The third-order valence-corrected chi connectivity index (χ3v) is 6.02. The molecule has 1 amide bonds. The lowest BCUT2D eigenvalue weighted by molar-refractivity contribution is -0.129. The summed E-state index contributed by atoms with van der Waals surface area (Å²) in [6.45, 7) is 2.04. The SMILES string of the molecule is COc1ccc(C2(C#N)CCN(CCC(=O)NO)CC2)cc1OC1CCCC1. The van der Waals surface area contributed by atoms with Gasteiger partial charge in [0.1, 0.15) is 0 Å². The number of carbonyl (C=O) groups excluding carboxylic acids is 1. The normalized spacial score (nSPS) is 19.8. The molecule has 1 aliphatic carbocycles. The summed E-state index contributed by atoms with van der Waals surface area (Å²) in [5, 5.41) is 18.6. The van der Waals surface area contributed by atoms with Gasteiger partial charge in [-0.25, -0.2) is 5.48 Å². The molecule has 1 saturated heterocycles. The molecule has 3 rings (SSSR count). The zero-order chi connectivity index (χ0) is 20.0. The number of amides is 1. The van der Waals surface area contributed by atoms with Crippen LogP contribution in [0.4, 0.5) is 0 Å². The molecular weight excluding hydrogens is 358 g/mol. The van der Waals surface area contributed by atoms with E-state index in [0.717, 1.165) is 37.2 Å². The average molecular weight is 387 g/mol. The molecule has 0 radical (unpaired) electrons. The predicted octanol–water partition coefficient (Wildman–Crippen LogP) is 2.77. The third-order valence-electron chi connectivity index (χ3n) is 6.02. The molecule has 2 N–H and O–H groups in total. The molecule has 1 aromatic rings. The van der Waals surface area contributed by atoms with Crippen LogP contribution in [-0.4, -0.2) is 48.9 Å². The zero-order valence-corrected chi connectivity index (χ0v) is 16.4. The molecule has 1 heterocycles. The van der Waals surface area contributed by atoms with Gasteiger partial charge in [-0.3, -0.25) is 10.0 Å². The molecule has 0 aromatic heterocycles. The molecule has 28 heavy (non-hydrogen) atoms. The van der Waals surface area contributed by atoms with Gasteiger partial charge in [0.15, 0.2) is 11.5 Å². The molecule has 0 spiro atoms. The van der Waals surface area contributed by atoms with Crippen LogP contribution in [0, 0.1) is 11.3 Å². The molecule has 7 nitrogen and oxygen atoms in total. The van der Waals surface area contributed by atoms with Crippen molar-refractivity contribution in [2.24, 2.45) is 0 Å². The molecule has 2 fully saturated rings. The first-order valence-electron chi connectivity index (χ1n) is 10.0. The number of rotatable bonds is 7. The summed E-state index contributed by atoms with van der Waals surface area (Å²) in [5.41, 5.74) is 2.07. The van der Waals surface area contributed by atoms with Gasteiger partial charge >= 0.3 is 0 Å². The van der Waals surface area contributed by atoms with E-state index in [0.29, 0.717) is 25.1 Å². The molecule has 0 bridgehead atoms. The summed E-state index contributed by atoms with van der Waals surface area (Å²) >= 11 is 0. The Morgan fingerprint density at radius 2 is 2.04 bits per heavy atom. The molecule has 152 valence electrons. The lowest BCUT2D eigenvalue weighted by Crippen LogP contribution is -2.43. The number of benzene rings is 1. The average Bonchev–Trinajstić information content (AvgIpc) is 3.25. The van der Waals surface area contributed by atoms with Crippen LogP contribution < -0.4 is 15.0 Å². The first kappa shape index (κ1) is 20.4. The van der Waals surface area contributed by atoms with Crippen LogP contribution in [0.25, 0.3) is 0 Å². The Labute approximate surface area is 166 Å². The van der Waals surface area contributed by atoms with Gasteiger partial charge in [0.25, 0.3) is 0 Å². The number of likely N-dealkylation sites (tertiary alicyclic amines) is 1. The van der Waals surface area contributed by atoms with Crippen molar-refractivity contribution in [3.8, 4) is 17.6 Å². The Morgan fingerprint density at radius 1 is 1.32 bits per heavy atom. The lowest BCUT2D eigenvalue weighted by Gasteiger charge is -2.37. The highest BCUT2D eigenvalue weighted by atomic mass is 16.5.